The van der Waals surface area contributed by atoms with E-state index in [1.165, 1.54) is 0 Å². The van der Waals surface area contributed by atoms with E-state index in [1.54, 1.807) is 15.9 Å². The van der Waals surface area contributed by atoms with Crippen molar-refractivity contribution in [3.63, 3.8) is 0 Å². The molecule has 80 valence electrons. The second-order valence-electron chi connectivity index (χ2n) is 1.36. The molecule has 0 aliphatic heterocycles. The van der Waals surface area contributed by atoms with Gasteiger partial charge in [-0.3, -0.25) is 0 Å². The van der Waals surface area contributed by atoms with E-state index in [4.69, 9.17) is 0 Å². The van der Waals surface area contributed by atoms with Crippen LogP contribution in [0.1, 0.15) is 0 Å². The highest BCUT2D eigenvalue weighted by atomic mass is 79.9. The highest BCUT2D eigenvalue weighted by molar-refractivity contribution is 9.12. The van der Waals surface area contributed by atoms with E-state index in [0.29, 0.717) is 0 Å². The van der Waals surface area contributed by atoms with Crippen LogP contribution in [0.25, 0.3) is 0 Å². The van der Waals surface area contributed by atoms with Gasteiger partial charge in [0.1, 0.15) is 0 Å². The standard InChI is InChI=1S/C2HBr2F3.C2BrF3/c3-1(5)2(4,6)7;3-1(4)2(5)6/h1H;. The number of halogens is 9. The van der Waals surface area contributed by atoms with Crippen LogP contribution in [0.15, 0.2) is 10.8 Å². The minimum Gasteiger partial charge on any atom is -0.227 e. The Labute approximate surface area is 94.7 Å². The minimum atomic E-state index is -3.44. The van der Waals surface area contributed by atoms with Crippen molar-refractivity contribution in [1.29, 1.82) is 0 Å². The summed E-state index contributed by atoms with van der Waals surface area (Å²) in [6.45, 7) is 0. The fourth-order valence-electron chi connectivity index (χ4n) is 0. The third kappa shape index (κ3) is 12.8. The molecule has 0 saturated carbocycles. The van der Waals surface area contributed by atoms with Crippen molar-refractivity contribution in [2.24, 2.45) is 0 Å². The summed E-state index contributed by atoms with van der Waals surface area (Å²) in [6, 6.07) is 0. The summed E-state index contributed by atoms with van der Waals surface area (Å²) in [4.78, 5) is -3.44. The molecule has 0 saturated heterocycles. The van der Waals surface area contributed by atoms with E-state index in [9.17, 15) is 26.3 Å². The lowest BCUT2D eigenvalue weighted by atomic mass is 10.8. The molecule has 0 aliphatic carbocycles. The summed E-state index contributed by atoms with van der Waals surface area (Å²) in [5.74, 6) is 0. The predicted molar refractivity (Wildman–Crippen MR) is 47.0 cm³/mol. The maximum atomic E-state index is 11.3. The van der Waals surface area contributed by atoms with Gasteiger partial charge in [-0.1, -0.05) is 0 Å². The van der Waals surface area contributed by atoms with Gasteiger partial charge in [0.05, 0.1) is 0 Å². The van der Waals surface area contributed by atoms with E-state index in [1.807, 2.05) is 31.9 Å². The molecule has 1 unspecified atom stereocenters. The quantitative estimate of drug-likeness (QED) is 0.424. The molecule has 13 heavy (non-hydrogen) atoms. The van der Waals surface area contributed by atoms with E-state index in [0.717, 1.165) is 0 Å². The van der Waals surface area contributed by atoms with Gasteiger partial charge >= 0.3 is 10.9 Å². The van der Waals surface area contributed by atoms with Gasteiger partial charge in [-0.2, -0.15) is 22.0 Å². The highest BCUT2D eigenvalue weighted by Crippen LogP contribution is 2.31. The minimum absolute atomic E-state index is 1.59. The third-order valence-corrected chi connectivity index (χ3v) is 2.28. The normalized spacial score (nSPS) is 12.7. The predicted octanol–water partition coefficient (Wildman–Crippen LogP) is 5.08. The molecule has 1 atom stereocenters. The summed E-state index contributed by atoms with van der Waals surface area (Å²) >= 11 is 5.72. The van der Waals surface area contributed by atoms with E-state index >= 15 is 0 Å². The molecule has 0 spiro atoms. The topological polar surface area (TPSA) is 0 Å². The summed E-state index contributed by atoms with van der Waals surface area (Å²) < 4.78 is 64.5. The van der Waals surface area contributed by atoms with Crippen LogP contribution < -0.4 is 0 Å². The Hall–Kier alpha value is 0.760. The van der Waals surface area contributed by atoms with E-state index in [2.05, 4.69) is 0 Å². The van der Waals surface area contributed by atoms with Gasteiger partial charge in [0.15, 0.2) is 0 Å². The van der Waals surface area contributed by atoms with Crippen molar-refractivity contribution in [2.75, 3.05) is 0 Å². The van der Waals surface area contributed by atoms with Gasteiger partial charge in [0.25, 0.3) is 0 Å². The van der Waals surface area contributed by atoms with Crippen LogP contribution in [0.3, 0.4) is 0 Å². The molecule has 0 bridgehead atoms. The van der Waals surface area contributed by atoms with Crippen LogP contribution in [0.4, 0.5) is 26.3 Å². The summed E-state index contributed by atoms with van der Waals surface area (Å²) in [6.07, 6.45) is -2.32. The van der Waals surface area contributed by atoms with Crippen LogP contribution >= 0.6 is 47.8 Å². The van der Waals surface area contributed by atoms with Gasteiger partial charge in [-0.05, 0) is 47.8 Å². The first-order valence-corrected chi connectivity index (χ1v) is 4.80. The van der Waals surface area contributed by atoms with Crippen LogP contribution in [-0.2, 0) is 0 Å². The molecular weight excluding hydrogens is 402 g/mol. The molecule has 0 aromatic heterocycles. The van der Waals surface area contributed by atoms with Crippen molar-refractivity contribution >= 4 is 47.8 Å². The van der Waals surface area contributed by atoms with Crippen molar-refractivity contribution in [2.45, 2.75) is 9.91 Å². The average molecular weight is 403 g/mol. The number of hydrogen-bond donors (Lipinski definition) is 0. The van der Waals surface area contributed by atoms with Crippen LogP contribution in [-0.4, -0.2) is 9.91 Å². The zero-order chi connectivity index (χ0) is 11.2. The van der Waals surface area contributed by atoms with Gasteiger partial charge in [0.2, 0.25) is 9.82 Å². The SMILES string of the molecule is FC(Br)C(F)(F)Br.FC(F)=C(F)Br. The second kappa shape index (κ2) is 7.10. The molecule has 0 aromatic carbocycles. The zero-order valence-corrected chi connectivity index (χ0v) is 10.2. The second-order valence-corrected chi connectivity index (χ2v) is 3.92. The average Bonchev–Trinajstić information content (AvgIpc) is 1.86. The lowest BCUT2D eigenvalue weighted by Gasteiger charge is -2.04. The van der Waals surface area contributed by atoms with Crippen molar-refractivity contribution < 1.29 is 26.3 Å². The van der Waals surface area contributed by atoms with E-state index < -0.39 is 20.7 Å². The Morgan fingerprint density at radius 3 is 1.31 bits per heavy atom. The number of hydrogen-bond acceptors (Lipinski definition) is 0. The largest absolute Gasteiger partial charge is 0.341 e. The van der Waals surface area contributed by atoms with Crippen LogP contribution in [0.2, 0.25) is 0 Å². The van der Waals surface area contributed by atoms with Crippen molar-refractivity contribution in [1.82, 2.24) is 0 Å². The van der Waals surface area contributed by atoms with Crippen LogP contribution in [0.5, 0.6) is 0 Å². The van der Waals surface area contributed by atoms with Gasteiger partial charge in [-0.15, -0.1) is 0 Å². The van der Waals surface area contributed by atoms with Crippen molar-refractivity contribution in [3.05, 3.63) is 10.8 Å². The summed E-state index contributed by atoms with van der Waals surface area (Å²) in [7, 11) is 0. The molecule has 0 rings (SSSR count). The monoisotopic (exact) mass is 400 g/mol. The summed E-state index contributed by atoms with van der Waals surface area (Å²) in [5, 5.41) is -2.31. The molecule has 0 nitrogen and oxygen atoms in total. The maximum absolute atomic E-state index is 11.3. The molecule has 0 radical (unpaired) electrons. The van der Waals surface area contributed by atoms with Crippen LogP contribution in [0, 0.1) is 0 Å². The molecule has 0 N–H and O–H groups in total. The Morgan fingerprint density at radius 2 is 1.31 bits per heavy atom. The molecule has 9 heteroatoms. The highest BCUT2D eigenvalue weighted by Gasteiger charge is 2.34. The molecular formula is C4HBr3F6. The lowest BCUT2D eigenvalue weighted by molar-refractivity contribution is 0.0683. The molecule has 0 amide bonds. The molecule has 0 heterocycles. The van der Waals surface area contributed by atoms with Crippen molar-refractivity contribution in [3.8, 4) is 0 Å². The van der Waals surface area contributed by atoms with E-state index in [-0.39, 0.29) is 0 Å². The van der Waals surface area contributed by atoms with Gasteiger partial charge in [0, 0.05) is 0 Å². The fourth-order valence-corrected chi connectivity index (χ4v) is 0. The lowest BCUT2D eigenvalue weighted by Crippen LogP contribution is -2.14. The smallest absolute Gasteiger partial charge is 0.227 e. The Kier molecular flexibility index (Phi) is 8.85. The summed E-state index contributed by atoms with van der Waals surface area (Å²) in [5.41, 5.74) is 0. The fraction of sp³-hybridized carbons (Fsp3) is 0.500. The number of alkyl halides is 5. The van der Waals surface area contributed by atoms with Gasteiger partial charge in [-0.25, -0.2) is 4.39 Å². The molecule has 0 fully saturated rings. The third-order valence-electron chi connectivity index (χ3n) is 0.390. The first-order valence-electron chi connectivity index (χ1n) is 2.30. The molecule has 0 aromatic rings. The first-order chi connectivity index (χ1) is 5.59. The maximum Gasteiger partial charge on any atom is 0.341 e. The Balaban J connectivity index is 0. The Morgan fingerprint density at radius 1 is 1.15 bits per heavy atom. The number of rotatable bonds is 1. The Bertz CT molecular complexity index is 155. The first kappa shape index (κ1) is 16.2. The molecule has 0 aliphatic rings. The van der Waals surface area contributed by atoms with Gasteiger partial charge < -0.3 is 0 Å². The zero-order valence-electron chi connectivity index (χ0n) is 5.48.